The minimum atomic E-state index is -0.0201. The van der Waals surface area contributed by atoms with E-state index in [2.05, 4.69) is 93.6 Å². The van der Waals surface area contributed by atoms with Gasteiger partial charge in [0.1, 0.15) is 23.9 Å². The molecular weight excluding hydrogens is 460 g/mol. The van der Waals surface area contributed by atoms with Gasteiger partial charge in [0.15, 0.2) is 0 Å². The summed E-state index contributed by atoms with van der Waals surface area (Å²) >= 11 is 0. The number of phenols is 1. The number of methoxy groups -OCH3 is 1. The number of aromatic hydroxyl groups is 1. The molecule has 0 aliphatic heterocycles. The van der Waals surface area contributed by atoms with E-state index in [0.29, 0.717) is 18.3 Å². The first-order chi connectivity index (χ1) is 17.6. The molecule has 2 unspecified atom stereocenters. The van der Waals surface area contributed by atoms with Gasteiger partial charge in [-0.1, -0.05) is 24.3 Å². The number of hydrogen-bond acceptors (Lipinski definition) is 5. The smallest absolute Gasteiger partial charge is 0.120 e. The summed E-state index contributed by atoms with van der Waals surface area (Å²) in [4.78, 5) is 2.18. The van der Waals surface area contributed by atoms with Gasteiger partial charge in [-0.15, -0.1) is 0 Å². The lowest BCUT2D eigenvalue weighted by atomic mass is 9.79. The molecule has 1 aliphatic rings. The molecule has 2 N–H and O–H groups in total. The van der Waals surface area contributed by atoms with Crippen LogP contribution in [0.2, 0.25) is 0 Å². The molecule has 0 aromatic heterocycles. The van der Waals surface area contributed by atoms with Crippen molar-refractivity contribution in [2.24, 2.45) is 0 Å². The summed E-state index contributed by atoms with van der Waals surface area (Å²) in [6.45, 7) is 7.23. The van der Waals surface area contributed by atoms with Crippen molar-refractivity contribution in [3.63, 3.8) is 0 Å². The highest BCUT2D eigenvalue weighted by atomic mass is 16.5. The Bertz CT molecular complexity index is 1190. The lowest BCUT2D eigenvalue weighted by Gasteiger charge is -2.32. The van der Waals surface area contributed by atoms with Crippen LogP contribution in [-0.2, 0) is 19.3 Å². The van der Waals surface area contributed by atoms with Crippen molar-refractivity contribution in [2.45, 2.75) is 64.0 Å². The van der Waals surface area contributed by atoms with Gasteiger partial charge in [-0.25, -0.2) is 0 Å². The van der Waals surface area contributed by atoms with E-state index in [1.807, 2.05) is 6.07 Å². The van der Waals surface area contributed by atoms with Crippen molar-refractivity contribution in [2.75, 3.05) is 33.1 Å². The van der Waals surface area contributed by atoms with Crippen LogP contribution in [0.15, 0.2) is 60.7 Å². The number of nitrogens with one attached hydrogen (secondary N) is 1. The van der Waals surface area contributed by atoms with E-state index >= 15 is 0 Å². The third kappa shape index (κ3) is 6.78. The molecule has 3 aromatic carbocycles. The van der Waals surface area contributed by atoms with Crippen LogP contribution in [0.3, 0.4) is 0 Å². The first-order valence-electron chi connectivity index (χ1n) is 13.3. The van der Waals surface area contributed by atoms with Gasteiger partial charge < -0.3 is 24.8 Å². The van der Waals surface area contributed by atoms with Crippen LogP contribution in [0.25, 0.3) is 0 Å². The summed E-state index contributed by atoms with van der Waals surface area (Å²) in [6, 6.07) is 20.9. The maximum atomic E-state index is 9.85. The second-order valence-electron chi connectivity index (χ2n) is 11.2. The molecule has 0 heterocycles. The number of benzene rings is 3. The highest BCUT2D eigenvalue weighted by molar-refractivity contribution is 5.58. The summed E-state index contributed by atoms with van der Waals surface area (Å²) < 4.78 is 11.6. The van der Waals surface area contributed by atoms with E-state index in [1.165, 1.54) is 22.3 Å². The van der Waals surface area contributed by atoms with Crippen LogP contribution in [0, 0.1) is 0 Å². The molecule has 1 aliphatic carbocycles. The van der Waals surface area contributed by atoms with Gasteiger partial charge >= 0.3 is 0 Å². The number of likely N-dealkylation sites (N-methyl/N-ethyl adjacent to an activating group) is 1. The van der Waals surface area contributed by atoms with Gasteiger partial charge in [-0.2, -0.15) is 0 Å². The standard InChI is InChI=1S/C32H42N2O3/c1-22(17-23-7-13-28(14-8-23)37-21-32(2,3)34(4)5)33-31-20-29(36-6)15-16-30(31)26-10-9-25-19-27(35)12-11-24(25)18-26/h7-8,11-16,19-20,22,26,33,35H,9-10,17-18,21H2,1-6H3. The third-order valence-corrected chi connectivity index (χ3v) is 7.79. The highest BCUT2D eigenvalue weighted by Gasteiger charge is 2.24. The maximum absolute atomic E-state index is 9.85. The fourth-order valence-corrected chi connectivity index (χ4v) is 4.93. The molecule has 0 saturated carbocycles. The number of ether oxygens (including phenoxy) is 2. The van der Waals surface area contributed by atoms with Gasteiger partial charge in [0.2, 0.25) is 0 Å². The Morgan fingerprint density at radius 1 is 1.00 bits per heavy atom. The predicted molar refractivity (Wildman–Crippen MR) is 152 cm³/mol. The predicted octanol–water partition coefficient (Wildman–Crippen LogP) is 6.44. The minimum absolute atomic E-state index is 0.0201. The first-order valence-corrected chi connectivity index (χ1v) is 13.3. The van der Waals surface area contributed by atoms with Crippen molar-refractivity contribution in [1.82, 2.24) is 4.90 Å². The number of phenolic OH excluding ortho intramolecular Hbond substituents is 1. The lowest BCUT2D eigenvalue weighted by molar-refractivity contribution is 0.114. The zero-order chi connectivity index (χ0) is 26.6. The average molecular weight is 503 g/mol. The van der Waals surface area contributed by atoms with Crippen molar-refractivity contribution in [3.05, 3.63) is 82.9 Å². The molecule has 0 fully saturated rings. The Balaban J connectivity index is 1.43. The van der Waals surface area contributed by atoms with E-state index in [0.717, 1.165) is 42.9 Å². The third-order valence-electron chi connectivity index (χ3n) is 7.79. The molecule has 37 heavy (non-hydrogen) atoms. The highest BCUT2D eigenvalue weighted by Crippen LogP contribution is 2.38. The van der Waals surface area contributed by atoms with Gasteiger partial charge in [-0.05, 0) is 119 Å². The van der Waals surface area contributed by atoms with E-state index in [9.17, 15) is 5.11 Å². The van der Waals surface area contributed by atoms with Gasteiger partial charge in [0.05, 0.1) is 7.11 Å². The second kappa shape index (κ2) is 11.5. The van der Waals surface area contributed by atoms with E-state index < -0.39 is 0 Å². The molecule has 0 saturated heterocycles. The monoisotopic (exact) mass is 502 g/mol. The quantitative estimate of drug-likeness (QED) is 0.334. The Kier molecular flexibility index (Phi) is 8.33. The maximum Gasteiger partial charge on any atom is 0.120 e. The Morgan fingerprint density at radius 3 is 2.43 bits per heavy atom. The van der Waals surface area contributed by atoms with Crippen LogP contribution >= 0.6 is 0 Å². The Hall–Kier alpha value is -3.18. The summed E-state index contributed by atoms with van der Waals surface area (Å²) in [6.07, 6.45) is 3.94. The number of nitrogens with zero attached hydrogens (tertiary/aromatic N) is 1. The molecule has 198 valence electrons. The number of rotatable bonds is 10. The largest absolute Gasteiger partial charge is 0.508 e. The van der Waals surface area contributed by atoms with Crippen LogP contribution in [0.5, 0.6) is 17.2 Å². The average Bonchev–Trinajstić information content (AvgIpc) is 2.88. The van der Waals surface area contributed by atoms with Gasteiger partial charge in [0, 0.05) is 23.3 Å². The van der Waals surface area contributed by atoms with Crippen LogP contribution in [0.1, 0.15) is 55.4 Å². The molecule has 4 rings (SSSR count). The molecule has 0 bridgehead atoms. The molecular formula is C32H42N2O3. The summed E-state index contributed by atoms with van der Waals surface area (Å²) in [5.74, 6) is 2.55. The van der Waals surface area contributed by atoms with E-state index in [1.54, 1.807) is 13.2 Å². The Labute approximate surface area is 222 Å². The number of anilines is 1. The van der Waals surface area contributed by atoms with Crippen molar-refractivity contribution < 1.29 is 14.6 Å². The van der Waals surface area contributed by atoms with Crippen molar-refractivity contribution in [1.29, 1.82) is 0 Å². The van der Waals surface area contributed by atoms with Crippen molar-refractivity contribution in [3.8, 4) is 17.2 Å². The fraction of sp³-hybridized carbons (Fsp3) is 0.438. The first kappa shape index (κ1) is 26.9. The molecule has 5 nitrogen and oxygen atoms in total. The summed E-state index contributed by atoms with van der Waals surface area (Å²) in [5.41, 5.74) is 6.33. The van der Waals surface area contributed by atoms with Crippen LogP contribution in [0.4, 0.5) is 5.69 Å². The lowest BCUT2D eigenvalue weighted by Crippen LogP contribution is -2.43. The molecule has 0 radical (unpaired) electrons. The number of hydrogen-bond donors (Lipinski definition) is 2. The van der Waals surface area contributed by atoms with E-state index in [-0.39, 0.29) is 11.6 Å². The SMILES string of the molecule is COc1ccc(C2CCc3cc(O)ccc3C2)c(NC(C)Cc2ccc(OCC(C)(C)N(C)C)cc2)c1. The fourth-order valence-electron chi connectivity index (χ4n) is 4.93. The zero-order valence-corrected chi connectivity index (χ0v) is 23.2. The topological polar surface area (TPSA) is 54.0 Å². The molecule has 5 heteroatoms. The van der Waals surface area contributed by atoms with Gasteiger partial charge in [-0.3, -0.25) is 0 Å². The number of aryl methyl sites for hydroxylation is 1. The van der Waals surface area contributed by atoms with Crippen LogP contribution < -0.4 is 14.8 Å². The minimum Gasteiger partial charge on any atom is -0.508 e. The molecule has 2 atom stereocenters. The van der Waals surface area contributed by atoms with Gasteiger partial charge in [0.25, 0.3) is 0 Å². The normalized spacial score (nSPS) is 16.2. The second-order valence-corrected chi connectivity index (χ2v) is 11.2. The molecule has 3 aromatic rings. The zero-order valence-electron chi connectivity index (χ0n) is 23.2. The van der Waals surface area contributed by atoms with Crippen molar-refractivity contribution >= 4 is 5.69 Å². The van der Waals surface area contributed by atoms with Crippen LogP contribution in [-0.4, -0.2) is 49.4 Å². The van der Waals surface area contributed by atoms with E-state index in [4.69, 9.17) is 9.47 Å². The molecule has 0 spiro atoms. The Morgan fingerprint density at radius 2 is 1.73 bits per heavy atom. The molecule has 0 amide bonds. The summed E-state index contributed by atoms with van der Waals surface area (Å²) in [7, 11) is 5.87. The number of fused-ring (bicyclic) bond motifs is 1. The summed E-state index contributed by atoms with van der Waals surface area (Å²) in [5, 5.41) is 13.6.